The molecule has 1 aromatic carbocycles. The van der Waals surface area contributed by atoms with Gasteiger partial charge in [-0.05, 0) is 56.7 Å². The van der Waals surface area contributed by atoms with Gasteiger partial charge in [-0.2, -0.15) is 0 Å². The Bertz CT molecular complexity index is 1820. The number of rotatable bonds is 26. The number of para-hydroxylation sites is 1. The van der Waals surface area contributed by atoms with Gasteiger partial charge in [-0.25, -0.2) is 4.79 Å². The second kappa shape index (κ2) is 23.9. The molecular formula is C37H55N9O13. The minimum atomic E-state index is -1.78. The summed E-state index contributed by atoms with van der Waals surface area (Å²) in [4.78, 5) is 117. The molecule has 22 nitrogen and oxygen atoms in total. The van der Waals surface area contributed by atoms with Crippen molar-refractivity contribution in [3.05, 3.63) is 36.0 Å². The molecule has 1 aromatic heterocycles. The van der Waals surface area contributed by atoms with E-state index >= 15 is 0 Å². The third-order valence-electron chi connectivity index (χ3n) is 8.97. The zero-order valence-electron chi connectivity index (χ0n) is 33.0. The Morgan fingerprint density at radius 1 is 0.678 bits per heavy atom. The highest BCUT2D eigenvalue weighted by molar-refractivity contribution is 5.98. The minimum Gasteiger partial charge on any atom is -0.481 e. The smallest absolute Gasteiger partial charge is 0.328 e. The summed E-state index contributed by atoms with van der Waals surface area (Å²) < 4.78 is 0. The van der Waals surface area contributed by atoms with Crippen molar-refractivity contribution in [2.24, 2.45) is 17.4 Å². The van der Waals surface area contributed by atoms with Gasteiger partial charge < -0.3 is 68.8 Å². The van der Waals surface area contributed by atoms with Gasteiger partial charge in [-0.15, -0.1) is 0 Å². The van der Waals surface area contributed by atoms with Crippen molar-refractivity contribution in [2.75, 3.05) is 13.2 Å². The lowest BCUT2D eigenvalue weighted by atomic mass is 10.0. The molecule has 0 aliphatic carbocycles. The van der Waals surface area contributed by atoms with Crippen LogP contribution < -0.4 is 43.4 Å². The number of aliphatic hydroxyl groups excluding tert-OH is 1. The maximum atomic E-state index is 13.9. The van der Waals surface area contributed by atoms with E-state index < -0.39 is 115 Å². The van der Waals surface area contributed by atoms with Gasteiger partial charge in [-0.1, -0.05) is 32.0 Å². The van der Waals surface area contributed by atoms with Gasteiger partial charge in [0.15, 0.2) is 0 Å². The molecule has 7 atom stereocenters. The highest BCUT2D eigenvalue weighted by atomic mass is 16.4. The SMILES string of the molecule is CC(C)C[C@H](NC(=O)[C@@H](N)CCC(=O)O)C(=O)N[C@@H](CC(=O)O)C(=O)N[C@@H](CCCN)C(=O)N[C@@H](Cc1c[nH]c2ccccc12)C(=O)N[C@@H](C)C(=O)N[C@@H](CO)C(=O)O. The molecule has 59 heavy (non-hydrogen) atoms. The standard InChI is InChI=1S/C37H55N9O13/c1-18(2)13-25(43-32(53)22(39)10-11-29(48)49)35(56)45-27(15-30(50)51)36(57)42-24(9-6-12-38)33(54)44-26(14-20-16-40-23-8-5-4-7-21(20)23)34(55)41-19(3)31(52)46-28(17-47)37(58)59/h4-5,7-8,16,18-19,22,24-28,40,47H,6,9-15,17,38-39H2,1-3H3,(H,41,55)(H,42,57)(H,43,53)(H,44,54)(H,45,56)(H,46,52)(H,48,49)(H,50,51)(H,58,59)/t19-,22-,24-,25-,26-,27-,28-/m0/s1. The predicted molar refractivity (Wildman–Crippen MR) is 209 cm³/mol. The summed E-state index contributed by atoms with van der Waals surface area (Å²) in [6, 6.07) is -3.18. The second-order valence-corrected chi connectivity index (χ2v) is 14.3. The summed E-state index contributed by atoms with van der Waals surface area (Å²) in [5, 5.41) is 52.0. The summed E-state index contributed by atoms with van der Waals surface area (Å²) in [5.74, 6) is -10.1. The second-order valence-electron chi connectivity index (χ2n) is 14.3. The molecule has 0 saturated heterocycles. The van der Waals surface area contributed by atoms with Crippen LogP contribution in [0.3, 0.4) is 0 Å². The number of hydrogen-bond acceptors (Lipinski definition) is 12. The first-order valence-corrected chi connectivity index (χ1v) is 18.9. The van der Waals surface area contributed by atoms with Crippen LogP contribution in [0.4, 0.5) is 0 Å². The summed E-state index contributed by atoms with van der Waals surface area (Å²) in [6.07, 6.45) is -0.0721. The Hall–Kier alpha value is -6.13. The van der Waals surface area contributed by atoms with E-state index in [-0.39, 0.29) is 44.6 Å². The Morgan fingerprint density at radius 2 is 1.24 bits per heavy atom. The summed E-state index contributed by atoms with van der Waals surface area (Å²) in [5.41, 5.74) is 12.8. The molecule has 2 rings (SSSR count). The number of amides is 6. The molecule has 22 heteroatoms. The van der Waals surface area contributed by atoms with Gasteiger partial charge >= 0.3 is 17.9 Å². The number of carbonyl (C=O) groups excluding carboxylic acids is 6. The van der Waals surface area contributed by atoms with E-state index in [2.05, 4.69) is 36.9 Å². The number of H-pyrrole nitrogens is 1. The van der Waals surface area contributed by atoms with E-state index in [9.17, 15) is 58.5 Å². The lowest BCUT2D eigenvalue weighted by Gasteiger charge is -2.27. The van der Waals surface area contributed by atoms with Crippen molar-refractivity contribution in [3.8, 4) is 0 Å². The molecule has 0 fully saturated rings. The Labute approximate surface area is 339 Å². The van der Waals surface area contributed by atoms with Gasteiger partial charge in [0.05, 0.1) is 19.1 Å². The Kier molecular flexibility index (Phi) is 19.9. The molecule has 0 unspecified atom stereocenters. The fourth-order valence-electron chi connectivity index (χ4n) is 5.77. The van der Waals surface area contributed by atoms with E-state index in [1.54, 1.807) is 44.3 Å². The predicted octanol–water partition coefficient (Wildman–Crippen LogP) is -2.83. The lowest BCUT2D eigenvalue weighted by Crippen LogP contribution is -2.60. The number of fused-ring (bicyclic) bond motifs is 1. The van der Waals surface area contributed by atoms with Crippen molar-refractivity contribution in [1.82, 2.24) is 36.9 Å². The fourth-order valence-corrected chi connectivity index (χ4v) is 5.77. The lowest BCUT2D eigenvalue weighted by molar-refractivity contribution is -0.143. The molecule has 0 saturated carbocycles. The highest BCUT2D eigenvalue weighted by Gasteiger charge is 2.34. The Balaban J connectivity index is 2.37. The highest BCUT2D eigenvalue weighted by Crippen LogP contribution is 2.19. The number of nitrogens with two attached hydrogens (primary N) is 2. The van der Waals surface area contributed by atoms with Crippen molar-refractivity contribution >= 4 is 64.3 Å². The maximum absolute atomic E-state index is 13.9. The van der Waals surface area contributed by atoms with Gasteiger partial charge in [-0.3, -0.25) is 38.4 Å². The van der Waals surface area contributed by atoms with Crippen LogP contribution in [0, 0.1) is 5.92 Å². The molecule has 0 aliphatic heterocycles. The van der Waals surface area contributed by atoms with E-state index in [1.165, 1.54) is 6.92 Å². The summed E-state index contributed by atoms with van der Waals surface area (Å²) in [6.45, 7) is 3.84. The van der Waals surface area contributed by atoms with Crippen LogP contribution >= 0.6 is 0 Å². The molecule has 0 radical (unpaired) electrons. The van der Waals surface area contributed by atoms with Crippen LogP contribution in [0.15, 0.2) is 30.5 Å². The number of carboxylic acid groups (broad SMARTS) is 3. The topological polar surface area (TPSA) is 375 Å². The third kappa shape index (κ3) is 16.3. The van der Waals surface area contributed by atoms with E-state index in [0.717, 1.165) is 0 Å². The molecule has 1 heterocycles. The molecule has 0 aliphatic rings. The van der Waals surface area contributed by atoms with E-state index in [4.69, 9.17) is 16.6 Å². The molecular weight excluding hydrogens is 778 g/mol. The van der Waals surface area contributed by atoms with Crippen LogP contribution in [-0.2, 0) is 49.6 Å². The molecule has 6 amide bonds. The van der Waals surface area contributed by atoms with Crippen molar-refractivity contribution in [1.29, 1.82) is 0 Å². The zero-order valence-corrected chi connectivity index (χ0v) is 33.0. The number of nitrogens with one attached hydrogen (secondary N) is 7. The summed E-state index contributed by atoms with van der Waals surface area (Å²) in [7, 11) is 0. The average Bonchev–Trinajstić information content (AvgIpc) is 3.58. The van der Waals surface area contributed by atoms with Crippen LogP contribution in [0.5, 0.6) is 0 Å². The van der Waals surface area contributed by atoms with Crippen molar-refractivity contribution in [3.63, 3.8) is 0 Å². The molecule has 2 aromatic rings. The number of benzene rings is 1. The zero-order chi connectivity index (χ0) is 44.4. The number of aliphatic carboxylic acids is 3. The molecule has 0 bridgehead atoms. The number of carboxylic acids is 3. The quantitative estimate of drug-likeness (QED) is 0.0454. The van der Waals surface area contributed by atoms with Crippen LogP contribution in [0.25, 0.3) is 10.9 Å². The number of aromatic amines is 1. The number of carbonyl (C=O) groups is 9. The van der Waals surface area contributed by atoms with Crippen LogP contribution in [0.2, 0.25) is 0 Å². The van der Waals surface area contributed by atoms with E-state index in [0.29, 0.717) is 16.5 Å². The first kappa shape index (κ1) is 49.0. The fraction of sp³-hybridized carbons (Fsp3) is 0.541. The van der Waals surface area contributed by atoms with Gasteiger partial charge in [0.25, 0.3) is 0 Å². The third-order valence-corrected chi connectivity index (χ3v) is 8.97. The van der Waals surface area contributed by atoms with Crippen LogP contribution in [0.1, 0.15) is 64.9 Å². The molecule has 15 N–H and O–H groups in total. The number of aromatic nitrogens is 1. The minimum absolute atomic E-state index is 0.0217. The number of hydrogen-bond donors (Lipinski definition) is 13. The maximum Gasteiger partial charge on any atom is 0.328 e. The van der Waals surface area contributed by atoms with Gasteiger partial charge in [0, 0.05) is 29.9 Å². The Morgan fingerprint density at radius 3 is 1.83 bits per heavy atom. The van der Waals surface area contributed by atoms with Crippen molar-refractivity contribution < 1.29 is 63.6 Å². The van der Waals surface area contributed by atoms with Gasteiger partial charge in [0.2, 0.25) is 35.4 Å². The first-order chi connectivity index (χ1) is 27.8. The average molecular weight is 834 g/mol. The summed E-state index contributed by atoms with van der Waals surface area (Å²) >= 11 is 0. The number of aliphatic hydroxyl groups is 1. The largest absolute Gasteiger partial charge is 0.481 e. The van der Waals surface area contributed by atoms with Crippen molar-refractivity contribution in [2.45, 2.75) is 108 Å². The van der Waals surface area contributed by atoms with Crippen LogP contribution in [-0.4, -0.2) is 134 Å². The normalized spacial score (nSPS) is 14.7. The molecule has 0 spiro atoms. The first-order valence-electron chi connectivity index (χ1n) is 18.9. The van der Waals surface area contributed by atoms with E-state index in [1.807, 2.05) is 0 Å². The van der Waals surface area contributed by atoms with Gasteiger partial charge in [0.1, 0.15) is 36.3 Å². The molecule has 326 valence electrons. The monoisotopic (exact) mass is 833 g/mol.